The van der Waals surface area contributed by atoms with Crippen LogP contribution in [0, 0.1) is 0 Å². The van der Waals surface area contributed by atoms with Crippen molar-refractivity contribution in [3.05, 3.63) is 35.9 Å². The van der Waals surface area contributed by atoms with E-state index in [2.05, 4.69) is 15.4 Å². The maximum atomic E-state index is 12.0. The lowest BCUT2D eigenvalue weighted by atomic mass is 10.1. The number of nitrogens with two attached hydrogens (primary N) is 1. The summed E-state index contributed by atoms with van der Waals surface area (Å²) in [5, 5.41) is 6.85. The summed E-state index contributed by atoms with van der Waals surface area (Å²) in [5.74, 6) is 0.369. The molecule has 2 rings (SSSR count). The third kappa shape index (κ3) is 3.05. The zero-order chi connectivity index (χ0) is 14.7. The van der Waals surface area contributed by atoms with Gasteiger partial charge in [0.15, 0.2) is 5.82 Å². The molecule has 0 aliphatic rings. The lowest BCUT2D eigenvalue weighted by Gasteiger charge is -2.15. The lowest BCUT2D eigenvalue weighted by Crippen LogP contribution is -2.24. The van der Waals surface area contributed by atoms with Gasteiger partial charge in [0.25, 0.3) is 5.91 Å². The number of nitrogens with zero attached hydrogens (tertiary/aromatic N) is 4. The fraction of sp³-hybridized carbons (Fsp3) is 0.308. The molecule has 0 aliphatic heterocycles. The minimum absolute atomic E-state index is 0.200. The molecule has 3 N–H and O–H groups in total. The van der Waals surface area contributed by atoms with Crippen LogP contribution in [0.2, 0.25) is 0 Å². The minimum Gasteiger partial charge on any atom is -0.397 e. The molecular weight excluding hydrogens is 256 g/mol. The number of hydrogen-bond donors (Lipinski definition) is 2. The highest BCUT2D eigenvalue weighted by Crippen LogP contribution is 2.22. The van der Waals surface area contributed by atoms with Gasteiger partial charge in [0.2, 0.25) is 0 Å². The molecule has 7 heteroatoms. The molecular formula is C13H18N6O. The van der Waals surface area contributed by atoms with Crippen LogP contribution in [0.25, 0.3) is 0 Å². The van der Waals surface area contributed by atoms with Crippen LogP contribution in [0.15, 0.2) is 24.5 Å². The quantitative estimate of drug-likeness (QED) is 0.787. The van der Waals surface area contributed by atoms with Crippen molar-refractivity contribution in [3.63, 3.8) is 0 Å². The van der Waals surface area contributed by atoms with Crippen LogP contribution in [0.4, 0.5) is 11.4 Å². The molecule has 0 bridgehead atoms. The number of carbonyl (C=O) groups is 1. The number of aromatic nitrogens is 3. The van der Waals surface area contributed by atoms with Gasteiger partial charge in [-0.1, -0.05) is 0 Å². The second kappa shape index (κ2) is 5.60. The molecule has 0 aliphatic carbocycles. The molecule has 0 spiro atoms. The molecule has 20 heavy (non-hydrogen) atoms. The normalized spacial score (nSPS) is 10.3. The summed E-state index contributed by atoms with van der Waals surface area (Å²) >= 11 is 0. The Bertz CT molecular complexity index is 619. The highest BCUT2D eigenvalue weighted by molar-refractivity contribution is 5.96. The second-order valence-electron chi connectivity index (χ2n) is 4.69. The SMILES string of the molecule is CN(C)c1ccc(C(=O)NCc2ncn(C)n2)cc1N. The van der Waals surface area contributed by atoms with Crippen molar-refractivity contribution in [1.82, 2.24) is 20.1 Å². The summed E-state index contributed by atoms with van der Waals surface area (Å²) < 4.78 is 1.59. The van der Waals surface area contributed by atoms with E-state index in [1.165, 1.54) is 0 Å². The Morgan fingerprint density at radius 1 is 1.45 bits per heavy atom. The van der Waals surface area contributed by atoms with E-state index in [1.54, 1.807) is 30.2 Å². The van der Waals surface area contributed by atoms with Crippen LogP contribution < -0.4 is 16.0 Å². The van der Waals surface area contributed by atoms with Crippen molar-refractivity contribution in [3.8, 4) is 0 Å². The molecule has 1 amide bonds. The summed E-state index contributed by atoms with van der Waals surface area (Å²) in [6, 6.07) is 5.23. The van der Waals surface area contributed by atoms with Crippen molar-refractivity contribution < 1.29 is 4.79 Å². The van der Waals surface area contributed by atoms with Crippen molar-refractivity contribution >= 4 is 17.3 Å². The highest BCUT2D eigenvalue weighted by Gasteiger charge is 2.10. The minimum atomic E-state index is -0.200. The fourth-order valence-corrected chi connectivity index (χ4v) is 1.83. The number of nitrogen functional groups attached to an aromatic ring is 1. The molecule has 1 aromatic heterocycles. The Morgan fingerprint density at radius 3 is 2.75 bits per heavy atom. The zero-order valence-electron chi connectivity index (χ0n) is 11.8. The Labute approximate surface area is 117 Å². The smallest absolute Gasteiger partial charge is 0.251 e. The van der Waals surface area contributed by atoms with E-state index < -0.39 is 0 Å². The van der Waals surface area contributed by atoms with Crippen LogP contribution in [0.3, 0.4) is 0 Å². The van der Waals surface area contributed by atoms with Gasteiger partial charge in [-0.3, -0.25) is 9.48 Å². The van der Waals surface area contributed by atoms with E-state index in [1.807, 2.05) is 25.1 Å². The standard InChI is InChI=1S/C13H18N6O/c1-18(2)11-5-4-9(6-10(11)14)13(20)15-7-12-16-8-19(3)17-12/h4-6,8H,7,14H2,1-3H3,(H,15,20). The first-order chi connectivity index (χ1) is 9.47. The number of benzene rings is 1. The molecule has 106 valence electrons. The second-order valence-corrected chi connectivity index (χ2v) is 4.69. The van der Waals surface area contributed by atoms with E-state index >= 15 is 0 Å². The lowest BCUT2D eigenvalue weighted by molar-refractivity contribution is 0.0950. The average Bonchev–Trinajstić information content (AvgIpc) is 2.81. The maximum Gasteiger partial charge on any atom is 0.251 e. The summed E-state index contributed by atoms with van der Waals surface area (Å²) in [5.41, 5.74) is 7.89. The van der Waals surface area contributed by atoms with Gasteiger partial charge < -0.3 is 16.0 Å². The van der Waals surface area contributed by atoms with E-state index in [9.17, 15) is 4.79 Å². The van der Waals surface area contributed by atoms with Gasteiger partial charge in [-0.15, -0.1) is 0 Å². The van der Waals surface area contributed by atoms with Crippen LogP contribution in [-0.2, 0) is 13.6 Å². The summed E-state index contributed by atoms with van der Waals surface area (Å²) in [4.78, 5) is 18.0. The third-order valence-corrected chi connectivity index (χ3v) is 2.83. The maximum absolute atomic E-state index is 12.0. The summed E-state index contributed by atoms with van der Waals surface area (Å²) in [6.45, 7) is 0.287. The van der Waals surface area contributed by atoms with Crippen molar-refractivity contribution in [2.45, 2.75) is 6.54 Å². The predicted octanol–water partition coefficient (Wildman–Crippen LogP) is 0.393. The molecule has 0 atom stereocenters. The Kier molecular flexibility index (Phi) is 3.88. The Balaban J connectivity index is 2.04. The van der Waals surface area contributed by atoms with Gasteiger partial charge in [-0.05, 0) is 18.2 Å². The number of rotatable bonds is 4. The molecule has 1 aromatic carbocycles. The molecule has 1 heterocycles. The van der Waals surface area contributed by atoms with E-state index in [0.29, 0.717) is 17.1 Å². The van der Waals surface area contributed by atoms with E-state index in [4.69, 9.17) is 5.73 Å². The van der Waals surface area contributed by atoms with Crippen molar-refractivity contribution in [2.24, 2.45) is 7.05 Å². The first-order valence-electron chi connectivity index (χ1n) is 6.17. The zero-order valence-corrected chi connectivity index (χ0v) is 11.8. The molecule has 0 saturated heterocycles. The van der Waals surface area contributed by atoms with Crippen LogP contribution >= 0.6 is 0 Å². The number of carbonyl (C=O) groups excluding carboxylic acids is 1. The van der Waals surface area contributed by atoms with E-state index in [-0.39, 0.29) is 12.5 Å². The first-order valence-corrected chi connectivity index (χ1v) is 6.17. The monoisotopic (exact) mass is 274 g/mol. The Hall–Kier alpha value is -2.57. The van der Waals surface area contributed by atoms with Gasteiger partial charge in [-0.2, -0.15) is 5.10 Å². The molecule has 2 aromatic rings. The fourth-order valence-electron chi connectivity index (χ4n) is 1.83. The first kappa shape index (κ1) is 13.9. The summed E-state index contributed by atoms with van der Waals surface area (Å²) in [7, 11) is 5.58. The van der Waals surface area contributed by atoms with Gasteiger partial charge >= 0.3 is 0 Å². The molecule has 0 radical (unpaired) electrons. The number of amides is 1. The third-order valence-electron chi connectivity index (χ3n) is 2.83. The van der Waals surface area contributed by atoms with Crippen LogP contribution in [0.1, 0.15) is 16.2 Å². The van der Waals surface area contributed by atoms with Crippen LogP contribution in [-0.4, -0.2) is 34.8 Å². The van der Waals surface area contributed by atoms with Crippen molar-refractivity contribution in [2.75, 3.05) is 24.7 Å². The average molecular weight is 274 g/mol. The molecule has 0 fully saturated rings. The number of anilines is 2. The largest absolute Gasteiger partial charge is 0.397 e. The number of nitrogens with one attached hydrogen (secondary N) is 1. The highest BCUT2D eigenvalue weighted by atomic mass is 16.1. The van der Waals surface area contributed by atoms with Gasteiger partial charge in [0.1, 0.15) is 6.33 Å². The molecule has 7 nitrogen and oxygen atoms in total. The van der Waals surface area contributed by atoms with Gasteiger partial charge in [-0.25, -0.2) is 4.98 Å². The van der Waals surface area contributed by atoms with Crippen LogP contribution in [0.5, 0.6) is 0 Å². The van der Waals surface area contributed by atoms with Gasteiger partial charge in [0.05, 0.1) is 17.9 Å². The molecule has 0 saturated carbocycles. The predicted molar refractivity (Wildman–Crippen MR) is 77.4 cm³/mol. The Morgan fingerprint density at radius 2 is 2.20 bits per heavy atom. The molecule has 0 unspecified atom stereocenters. The van der Waals surface area contributed by atoms with Gasteiger partial charge in [0, 0.05) is 26.7 Å². The number of aryl methyl sites for hydroxylation is 1. The summed E-state index contributed by atoms with van der Waals surface area (Å²) in [6.07, 6.45) is 1.59. The van der Waals surface area contributed by atoms with Crippen molar-refractivity contribution in [1.29, 1.82) is 0 Å². The number of hydrogen-bond acceptors (Lipinski definition) is 5. The topological polar surface area (TPSA) is 89.1 Å². The van der Waals surface area contributed by atoms with E-state index in [0.717, 1.165) is 5.69 Å².